The minimum atomic E-state index is -3.88. The second kappa shape index (κ2) is 5.40. The first-order valence-electron chi connectivity index (χ1n) is 5.63. The Morgan fingerprint density at radius 2 is 2.19 bits per heavy atom. The summed E-state index contributed by atoms with van der Waals surface area (Å²) in [5.74, 6) is -1.21. The van der Waals surface area contributed by atoms with Crippen LogP contribution in [0.4, 0.5) is 10.1 Å². The summed E-state index contributed by atoms with van der Waals surface area (Å²) in [6, 6.07) is 4.67. The number of aryl methyl sites for hydroxylation is 1. The van der Waals surface area contributed by atoms with Crippen molar-refractivity contribution in [3.8, 4) is 0 Å². The van der Waals surface area contributed by atoms with E-state index in [2.05, 4.69) is 15.0 Å². The lowest BCUT2D eigenvalue weighted by molar-refractivity contribution is 0.318. The molecule has 0 saturated heterocycles. The standard InChI is InChI=1S/C11H12FN5O3S/c1-17-10(4-5-14-17)21(19,20)16-7-2-3-9(12)8(6-7)11(13)15-18/h2-6,16,18H,1H3,(H2,13,15). The number of hydrogen-bond donors (Lipinski definition) is 3. The van der Waals surface area contributed by atoms with Crippen LogP contribution in [0.3, 0.4) is 0 Å². The Kier molecular flexibility index (Phi) is 3.80. The van der Waals surface area contributed by atoms with Crippen LogP contribution in [0.1, 0.15) is 5.56 Å². The van der Waals surface area contributed by atoms with E-state index in [0.29, 0.717) is 0 Å². The van der Waals surface area contributed by atoms with Crippen molar-refractivity contribution in [2.45, 2.75) is 5.03 Å². The molecule has 0 bridgehead atoms. The van der Waals surface area contributed by atoms with E-state index in [4.69, 9.17) is 10.9 Å². The highest BCUT2D eigenvalue weighted by Crippen LogP contribution is 2.18. The van der Waals surface area contributed by atoms with Crippen molar-refractivity contribution in [2.24, 2.45) is 17.9 Å². The number of amidine groups is 1. The van der Waals surface area contributed by atoms with E-state index in [1.807, 2.05) is 0 Å². The molecular formula is C11H12FN5O3S. The van der Waals surface area contributed by atoms with Crippen LogP contribution in [0.15, 0.2) is 40.6 Å². The van der Waals surface area contributed by atoms with Gasteiger partial charge in [-0.15, -0.1) is 0 Å². The Hall–Kier alpha value is -2.62. The van der Waals surface area contributed by atoms with Crippen LogP contribution in [0, 0.1) is 5.82 Å². The van der Waals surface area contributed by atoms with Crippen LogP contribution < -0.4 is 10.5 Å². The van der Waals surface area contributed by atoms with Crippen molar-refractivity contribution >= 4 is 21.5 Å². The molecule has 1 aromatic heterocycles. The molecule has 0 spiro atoms. The summed E-state index contributed by atoms with van der Waals surface area (Å²) in [5, 5.41) is 15.0. The van der Waals surface area contributed by atoms with Crippen molar-refractivity contribution in [3.05, 3.63) is 41.8 Å². The van der Waals surface area contributed by atoms with Gasteiger partial charge in [0.2, 0.25) is 0 Å². The van der Waals surface area contributed by atoms with Crippen molar-refractivity contribution in [1.82, 2.24) is 9.78 Å². The molecule has 21 heavy (non-hydrogen) atoms. The molecule has 112 valence electrons. The largest absolute Gasteiger partial charge is 0.409 e. The summed E-state index contributed by atoms with van der Waals surface area (Å²) in [6.45, 7) is 0. The van der Waals surface area contributed by atoms with Crippen LogP contribution in [-0.4, -0.2) is 29.2 Å². The number of nitrogens with one attached hydrogen (secondary N) is 1. The van der Waals surface area contributed by atoms with Crippen LogP contribution in [0.2, 0.25) is 0 Å². The van der Waals surface area contributed by atoms with Gasteiger partial charge in [0, 0.05) is 12.7 Å². The van der Waals surface area contributed by atoms with Crippen molar-refractivity contribution in [1.29, 1.82) is 0 Å². The SMILES string of the molecule is Cn1nccc1S(=O)(=O)Nc1ccc(F)c(/C(N)=N/O)c1. The van der Waals surface area contributed by atoms with Gasteiger partial charge < -0.3 is 10.9 Å². The van der Waals surface area contributed by atoms with Gasteiger partial charge in [0.05, 0.1) is 11.8 Å². The first-order chi connectivity index (χ1) is 9.85. The van der Waals surface area contributed by atoms with E-state index in [1.165, 1.54) is 30.1 Å². The Balaban J connectivity index is 2.39. The smallest absolute Gasteiger partial charge is 0.279 e. The lowest BCUT2D eigenvalue weighted by Crippen LogP contribution is -2.18. The second-order valence-corrected chi connectivity index (χ2v) is 5.71. The number of halogens is 1. The number of rotatable bonds is 4. The molecule has 2 rings (SSSR count). The third kappa shape index (κ3) is 2.94. The van der Waals surface area contributed by atoms with Crippen molar-refractivity contribution < 1.29 is 18.0 Å². The average Bonchev–Trinajstić information content (AvgIpc) is 2.87. The van der Waals surface area contributed by atoms with E-state index in [-0.39, 0.29) is 16.3 Å². The van der Waals surface area contributed by atoms with E-state index in [9.17, 15) is 12.8 Å². The van der Waals surface area contributed by atoms with Gasteiger partial charge >= 0.3 is 0 Å². The highest BCUT2D eigenvalue weighted by molar-refractivity contribution is 7.92. The maximum absolute atomic E-state index is 13.5. The number of anilines is 1. The number of oxime groups is 1. The summed E-state index contributed by atoms with van der Waals surface area (Å²) in [5.41, 5.74) is 5.16. The molecule has 1 aromatic carbocycles. The first kappa shape index (κ1) is 14.8. The van der Waals surface area contributed by atoms with Gasteiger partial charge in [-0.3, -0.25) is 9.40 Å². The number of nitrogens with zero attached hydrogens (tertiary/aromatic N) is 3. The fourth-order valence-electron chi connectivity index (χ4n) is 1.67. The van der Waals surface area contributed by atoms with Gasteiger partial charge in [-0.1, -0.05) is 5.16 Å². The Labute approximate surface area is 119 Å². The predicted octanol–water partition coefficient (Wildman–Crippen LogP) is 0.454. The van der Waals surface area contributed by atoms with E-state index >= 15 is 0 Å². The lowest BCUT2D eigenvalue weighted by Gasteiger charge is -2.09. The minimum absolute atomic E-state index is 0.0582. The number of aromatic nitrogens is 2. The van der Waals surface area contributed by atoms with Crippen LogP contribution in [-0.2, 0) is 17.1 Å². The summed E-state index contributed by atoms with van der Waals surface area (Å²) in [7, 11) is -2.40. The van der Waals surface area contributed by atoms with Crippen molar-refractivity contribution in [3.63, 3.8) is 0 Å². The molecule has 0 aliphatic heterocycles. The fourth-order valence-corrected chi connectivity index (χ4v) is 2.85. The maximum Gasteiger partial charge on any atom is 0.279 e. The second-order valence-electron chi connectivity index (χ2n) is 4.08. The molecule has 0 unspecified atom stereocenters. The molecule has 10 heteroatoms. The number of hydrogen-bond acceptors (Lipinski definition) is 5. The van der Waals surface area contributed by atoms with Gasteiger partial charge in [-0.05, 0) is 24.3 Å². The van der Waals surface area contributed by atoms with Crippen LogP contribution >= 0.6 is 0 Å². The number of sulfonamides is 1. The maximum atomic E-state index is 13.5. The molecule has 0 atom stereocenters. The molecule has 0 radical (unpaired) electrons. The minimum Gasteiger partial charge on any atom is -0.409 e. The van der Waals surface area contributed by atoms with Gasteiger partial charge in [-0.2, -0.15) is 13.5 Å². The molecular weight excluding hydrogens is 301 g/mol. The molecule has 0 aliphatic carbocycles. The van der Waals surface area contributed by atoms with Crippen LogP contribution in [0.25, 0.3) is 0 Å². The molecule has 4 N–H and O–H groups in total. The Bertz CT molecular complexity index is 800. The molecule has 1 heterocycles. The zero-order valence-corrected chi connectivity index (χ0v) is 11.7. The lowest BCUT2D eigenvalue weighted by atomic mass is 10.2. The number of benzene rings is 1. The van der Waals surface area contributed by atoms with E-state index < -0.39 is 21.7 Å². The predicted molar refractivity (Wildman–Crippen MR) is 72.9 cm³/mol. The molecule has 0 aliphatic rings. The average molecular weight is 313 g/mol. The first-order valence-corrected chi connectivity index (χ1v) is 7.12. The number of nitrogens with two attached hydrogens (primary N) is 1. The summed E-state index contributed by atoms with van der Waals surface area (Å²) in [6.07, 6.45) is 1.33. The molecule has 0 fully saturated rings. The van der Waals surface area contributed by atoms with Gasteiger partial charge in [0.1, 0.15) is 5.82 Å². The zero-order valence-electron chi connectivity index (χ0n) is 10.9. The van der Waals surface area contributed by atoms with E-state index in [0.717, 1.165) is 12.1 Å². The third-order valence-electron chi connectivity index (χ3n) is 2.65. The molecule has 0 saturated carbocycles. The molecule has 0 amide bonds. The summed E-state index contributed by atoms with van der Waals surface area (Å²) in [4.78, 5) is 0. The van der Waals surface area contributed by atoms with Crippen LogP contribution in [0.5, 0.6) is 0 Å². The third-order valence-corrected chi connectivity index (χ3v) is 4.11. The normalized spacial score (nSPS) is 12.4. The molecule has 8 nitrogen and oxygen atoms in total. The monoisotopic (exact) mass is 313 g/mol. The van der Waals surface area contributed by atoms with Gasteiger partial charge in [0.15, 0.2) is 10.9 Å². The Morgan fingerprint density at radius 3 is 2.76 bits per heavy atom. The zero-order chi connectivity index (χ0) is 15.6. The highest BCUT2D eigenvalue weighted by atomic mass is 32.2. The summed E-state index contributed by atoms with van der Waals surface area (Å²) < 4.78 is 41.2. The van der Waals surface area contributed by atoms with Gasteiger partial charge in [0.25, 0.3) is 10.0 Å². The molecule has 2 aromatic rings. The topological polar surface area (TPSA) is 123 Å². The fraction of sp³-hybridized carbons (Fsp3) is 0.0909. The van der Waals surface area contributed by atoms with Gasteiger partial charge in [-0.25, -0.2) is 4.39 Å². The quantitative estimate of drug-likeness (QED) is 0.327. The summed E-state index contributed by atoms with van der Waals surface area (Å²) >= 11 is 0. The van der Waals surface area contributed by atoms with E-state index in [1.54, 1.807) is 0 Å². The Morgan fingerprint density at radius 1 is 1.48 bits per heavy atom. The highest BCUT2D eigenvalue weighted by Gasteiger charge is 2.19. The van der Waals surface area contributed by atoms with Crippen molar-refractivity contribution in [2.75, 3.05) is 4.72 Å².